The Morgan fingerprint density at radius 3 is 2.50 bits per heavy atom. The number of carbonyl (C=O) groups is 2. The first-order valence-corrected chi connectivity index (χ1v) is 8.06. The van der Waals surface area contributed by atoms with Crippen LogP contribution in [0.1, 0.15) is 29.8 Å². The summed E-state index contributed by atoms with van der Waals surface area (Å²) in [4.78, 5) is 23.1. The molecule has 7 nitrogen and oxygen atoms in total. The van der Waals surface area contributed by atoms with Gasteiger partial charge in [0.05, 0.1) is 19.9 Å². The highest BCUT2D eigenvalue weighted by Crippen LogP contribution is 2.29. The lowest BCUT2D eigenvalue weighted by Crippen LogP contribution is -2.17. The van der Waals surface area contributed by atoms with Gasteiger partial charge < -0.3 is 14.8 Å². The number of carbonyl (C=O) groups excluding carboxylic acids is 2. The third-order valence-corrected chi connectivity index (χ3v) is 3.36. The van der Waals surface area contributed by atoms with Crippen LogP contribution in [0.3, 0.4) is 0 Å². The van der Waals surface area contributed by atoms with Gasteiger partial charge in [-0.05, 0) is 43.3 Å². The van der Waals surface area contributed by atoms with Crippen molar-refractivity contribution < 1.29 is 19.1 Å². The molecule has 0 aromatic heterocycles. The molecule has 136 valence electrons. The number of rotatable bonds is 7. The Hall–Kier alpha value is -3.35. The third-order valence-electron chi connectivity index (χ3n) is 3.36. The van der Waals surface area contributed by atoms with Crippen LogP contribution in [-0.4, -0.2) is 31.7 Å². The molecule has 26 heavy (non-hydrogen) atoms. The maximum absolute atomic E-state index is 12.1. The Bertz CT molecular complexity index is 801. The minimum absolute atomic E-state index is 0.171. The van der Waals surface area contributed by atoms with Crippen LogP contribution in [0.25, 0.3) is 0 Å². The highest BCUT2D eigenvalue weighted by Gasteiger charge is 2.09. The maximum atomic E-state index is 12.1. The molecular formula is C19H21N3O4. The summed E-state index contributed by atoms with van der Waals surface area (Å²) in [6.45, 7) is 3.78. The summed E-state index contributed by atoms with van der Waals surface area (Å²) < 4.78 is 10.9. The molecule has 7 heteroatoms. The van der Waals surface area contributed by atoms with Gasteiger partial charge in [0.25, 0.3) is 5.91 Å². The van der Waals surface area contributed by atoms with Crippen LogP contribution in [0.15, 0.2) is 47.6 Å². The molecule has 0 saturated heterocycles. The highest BCUT2D eigenvalue weighted by molar-refractivity contribution is 5.96. The van der Waals surface area contributed by atoms with E-state index in [-0.39, 0.29) is 11.8 Å². The van der Waals surface area contributed by atoms with E-state index in [1.54, 1.807) is 37.4 Å². The van der Waals surface area contributed by atoms with E-state index in [0.29, 0.717) is 34.9 Å². The van der Waals surface area contributed by atoms with Crippen LogP contribution in [0.5, 0.6) is 11.5 Å². The van der Waals surface area contributed by atoms with E-state index in [2.05, 4.69) is 15.8 Å². The van der Waals surface area contributed by atoms with Crippen LogP contribution in [-0.2, 0) is 4.79 Å². The van der Waals surface area contributed by atoms with Gasteiger partial charge in [-0.25, -0.2) is 5.43 Å². The smallest absolute Gasteiger partial charge is 0.271 e. The van der Waals surface area contributed by atoms with Gasteiger partial charge in [-0.2, -0.15) is 5.10 Å². The third kappa shape index (κ3) is 5.07. The van der Waals surface area contributed by atoms with Crippen molar-refractivity contribution in [1.82, 2.24) is 5.43 Å². The van der Waals surface area contributed by atoms with Gasteiger partial charge in [-0.15, -0.1) is 0 Å². The van der Waals surface area contributed by atoms with Crippen molar-refractivity contribution in [1.29, 1.82) is 0 Å². The number of para-hydroxylation sites is 1. The topological polar surface area (TPSA) is 89.0 Å². The van der Waals surface area contributed by atoms with Crippen molar-refractivity contribution in [2.45, 2.75) is 13.8 Å². The number of hydrogen-bond acceptors (Lipinski definition) is 5. The number of nitrogens with zero attached hydrogens (tertiary/aromatic N) is 1. The van der Waals surface area contributed by atoms with E-state index in [1.807, 2.05) is 19.1 Å². The zero-order valence-corrected chi connectivity index (χ0v) is 14.9. The molecule has 0 spiro atoms. The molecule has 0 saturated carbocycles. The Morgan fingerprint density at radius 1 is 1.15 bits per heavy atom. The van der Waals surface area contributed by atoms with Crippen molar-refractivity contribution in [3.05, 3.63) is 53.6 Å². The van der Waals surface area contributed by atoms with E-state index in [0.717, 1.165) is 0 Å². The molecular weight excluding hydrogens is 334 g/mol. The molecule has 2 N–H and O–H groups in total. The SMILES string of the molecule is CCOc1c(C=NNC(=O)c2ccc(NC(C)=O)cc2)cccc1OC. The van der Waals surface area contributed by atoms with Gasteiger partial charge in [-0.1, -0.05) is 6.07 Å². The second kappa shape index (κ2) is 9.22. The molecule has 2 aromatic carbocycles. The summed E-state index contributed by atoms with van der Waals surface area (Å²) in [5, 5.41) is 6.62. The summed E-state index contributed by atoms with van der Waals surface area (Å²) in [5.41, 5.74) is 4.19. The van der Waals surface area contributed by atoms with Gasteiger partial charge in [0, 0.05) is 23.7 Å². The summed E-state index contributed by atoms with van der Waals surface area (Å²) >= 11 is 0. The first kappa shape index (κ1) is 19.0. The number of methoxy groups -OCH3 is 1. The molecule has 0 aliphatic rings. The molecule has 0 aliphatic heterocycles. The van der Waals surface area contributed by atoms with E-state index >= 15 is 0 Å². The fourth-order valence-corrected chi connectivity index (χ4v) is 2.23. The Balaban J connectivity index is 2.06. The molecule has 0 unspecified atom stereocenters. The number of nitrogens with one attached hydrogen (secondary N) is 2. The minimum Gasteiger partial charge on any atom is -0.493 e. The van der Waals surface area contributed by atoms with Gasteiger partial charge in [0.15, 0.2) is 11.5 Å². The molecule has 2 aromatic rings. The molecule has 0 atom stereocenters. The quantitative estimate of drug-likeness (QED) is 0.590. The van der Waals surface area contributed by atoms with Gasteiger partial charge >= 0.3 is 0 Å². The van der Waals surface area contributed by atoms with Crippen molar-refractivity contribution in [3.8, 4) is 11.5 Å². The molecule has 0 aliphatic carbocycles. The first-order valence-electron chi connectivity index (χ1n) is 8.06. The highest BCUT2D eigenvalue weighted by atomic mass is 16.5. The molecule has 2 amide bonds. The van der Waals surface area contributed by atoms with Gasteiger partial charge in [0.2, 0.25) is 5.91 Å². The number of hydrogen-bond donors (Lipinski definition) is 2. The summed E-state index contributed by atoms with van der Waals surface area (Å²) in [5.74, 6) is 0.623. The van der Waals surface area contributed by atoms with Crippen LogP contribution >= 0.6 is 0 Å². The fourth-order valence-electron chi connectivity index (χ4n) is 2.23. The second-order valence-electron chi connectivity index (χ2n) is 5.27. The minimum atomic E-state index is -0.364. The van der Waals surface area contributed by atoms with Crippen LogP contribution in [0.4, 0.5) is 5.69 Å². The summed E-state index contributed by atoms with van der Waals surface area (Å²) in [6, 6.07) is 11.9. The number of anilines is 1. The molecule has 2 rings (SSSR count). The number of benzene rings is 2. The van der Waals surface area contributed by atoms with Crippen molar-refractivity contribution in [3.63, 3.8) is 0 Å². The number of amides is 2. The zero-order valence-electron chi connectivity index (χ0n) is 14.9. The van der Waals surface area contributed by atoms with Crippen molar-refractivity contribution in [2.75, 3.05) is 19.0 Å². The van der Waals surface area contributed by atoms with E-state index in [9.17, 15) is 9.59 Å². The van der Waals surface area contributed by atoms with Gasteiger partial charge in [-0.3, -0.25) is 9.59 Å². The van der Waals surface area contributed by atoms with Crippen molar-refractivity contribution >= 4 is 23.7 Å². The van der Waals surface area contributed by atoms with E-state index in [1.165, 1.54) is 13.1 Å². The predicted molar refractivity (Wildman–Crippen MR) is 100.0 cm³/mol. The lowest BCUT2D eigenvalue weighted by Gasteiger charge is -2.11. The van der Waals surface area contributed by atoms with Crippen molar-refractivity contribution in [2.24, 2.45) is 5.10 Å². The normalized spacial score (nSPS) is 10.4. The van der Waals surface area contributed by atoms with E-state index in [4.69, 9.17) is 9.47 Å². The largest absolute Gasteiger partial charge is 0.493 e. The second-order valence-corrected chi connectivity index (χ2v) is 5.27. The standard InChI is InChI=1S/C19H21N3O4/c1-4-26-18-15(6-5-7-17(18)25-3)12-20-22-19(24)14-8-10-16(11-9-14)21-13(2)23/h5-12H,4H2,1-3H3,(H,21,23)(H,22,24). The predicted octanol–water partition coefficient (Wildman–Crippen LogP) is 2.82. The molecule has 0 heterocycles. The molecule has 0 fully saturated rings. The average molecular weight is 355 g/mol. The zero-order chi connectivity index (χ0) is 18.9. The van der Waals surface area contributed by atoms with Crippen LogP contribution < -0.4 is 20.2 Å². The number of hydrazone groups is 1. The Kier molecular flexibility index (Phi) is 6.73. The lowest BCUT2D eigenvalue weighted by molar-refractivity contribution is -0.114. The van der Waals surface area contributed by atoms with E-state index < -0.39 is 0 Å². The fraction of sp³-hybridized carbons (Fsp3) is 0.211. The summed E-state index contributed by atoms with van der Waals surface area (Å²) in [7, 11) is 1.56. The summed E-state index contributed by atoms with van der Waals surface area (Å²) in [6.07, 6.45) is 1.50. The Morgan fingerprint density at radius 2 is 1.88 bits per heavy atom. The van der Waals surface area contributed by atoms with Crippen LogP contribution in [0, 0.1) is 0 Å². The maximum Gasteiger partial charge on any atom is 0.271 e. The van der Waals surface area contributed by atoms with Gasteiger partial charge in [0.1, 0.15) is 0 Å². The Labute approximate surface area is 152 Å². The molecule has 0 bridgehead atoms. The van der Waals surface area contributed by atoms with Crippen LogP contribution in [0.2, 0.25) is 0 Å². The monoisotopic (exact) mass is 355 g/mol. The lowest BCUT2D eigenvalue weighted by atomic mass is 10.2. The molecule has 0 radical (unpaired) electrons. The average Bonchev–Trinajstić information content (AvgIpc) is 2.63. The number of ether oxygens (including phenoxy) is 2. The first-order chi connectivity index (χ1) is 12.5.